The number of rotatable bonds is 6. The Hall–Kier alpha value is -0.870. The maximum absolute atomic E-state index is 10.1. The number of hydrogen-bond donors (Lipinski definition) is 3. The molecule has 19 heavy (non-hydrogen) atoms. The minimum Gasteiger partial charge on any atom is -0.392 e. The molecule has 3 N–H and O–H groups in total. The average Bonchev–Trinajstić information content (AvgIpc) is 3.00. The van der Waals surface area contributed by atoms with Crippen LogP contribution in [0, 0.1) is 5.92 Å². The molecule has 2 saturated carbocycles. The van der Waals surface area contributed by atoms with Gasteiger partial charge in [-0.2, -0.15) is 0 Å². The first kappa shape index (κ1) is 13.1. The summed E-state index contributed by atoms with van der Waals surface area (Å²) in [4.78, 5) is 7.29. The molecular weight excluding hydrogens is 238 g/mol. The molecule has 3 rings (SSSR count). The molecule has 0 spiro atoms. The van der Waals surface area contributed by atoms with Crippen molar-refractivity contribution in [3.05, 3.63) is 18.2 Å². The number of H-pyrrole nitrogens is 1. The summed E-state index contributed by atoms with van der Waals surface area (Å²) in [6.45, 7) is 0.738. The Morgan fingerprint density at radius 2 is 2.21 bits per heavy atom. The van der Waals surface area contributed by atoms with E-state index < -0.39 is 0 Å². The van der Waals surface area contributed by atoms with Gasteiger partial charge in [-0.05, 0) is 18.8 Å². The fraction of sp³-hybridized carbons (Fsp3) is 0.800. The summed E-state index contributed by atoms with van der Waals surface area (Å²) in [5.74, 6) is 1.31. The number of aromatic amines is 1. The van der Waals surface area contributed by atoms with Crippen LogP contribution in [0.5, 0.6) is 0 Å². The van der Waals surface area contributed by atoms with Gasteiger partial charge in [-0.25, -0.2) is 4.98 Å². The molecule has 1 aromatic heterocycles. The third-order valence-corrected chi connectivity index (χ3v) is 4.64. The number of nitrogens with zero attached hydrogens (tertiary/aromatic N) is 1. The Morgan fingerprint density at radius 3 is 2.95 bits per heavy atom. The van der Waals surface area contributed by atoms with Crippen LogP contribution in [0.25, 0.3) is 0 Å². The van der Waals surface area contributed by atoms with Gasteiger partial charge in [0.05, 0.1) is 18.1 Å². The number of aromatic nitrogens is 2. The van der Waals surface area contributed by atoms with Gasteiger partial charge in [-0.3, -0.25) is 0 Å². The van der Waals surface area contributed by atoms with Crippen LogP contribution in [0.4, 0.5) is 0 Å². The van der Waals surface area contributed by atoms with Gasteiger partial charge in [0.1, 0.15) is 0 Å². The molecule has 0 saturated heterocycles. The molecule has 2 aliphatic rings. The van der Waals surface area contributed by atoms with Crippen molar-refractivity contribution in [2.24, 2.45) is 5.92 Å². The highest BCUT2D eigenvalue weighted by molar-refractivity contribution is 5.18. The van der Waals surface area contributed by atoms with Crippen LogP contribution in [0.2, 0.25) is 0 Å². The van der Waals surface area contributed by atoms with Crippen molar-refractivity contribution in [3.8, 4) is 0 Å². The summed E-state index contributed by atoms with van der Waals surface area (Å²) in [5, 5.41) is 13.6. The van der Waals surface area contributed by atoms with E-state index in [9.17, 15) is 5.11 Å². The number of aliphatic hydroxyl groups is 1. The van der Waals surface area contributed by atoms with E-state index in [1.54, 1.807) is 6.33 Å². The van der Waals surface area contributed by atoms with Crippen LogP contribution in [-0.2, 0) is 0 Å². The van der Waals surface area contributed by atoms with E-state index >= 15 is 0 Å². The molecule has 0 aromatic carbocycles. The minimum absolute atomic E-state index is 0.177. The Bertz CT molecular complexity index is 373. The highest BCUT2D eigenvalue weighted by atomic mass is 16.3. The normalized spacial score (nSPS) is 29.3. The van der Waals surface area contributed by atoms with Crippen molar-refractivity contribution in [3.63, 3.8) is 0 Å². The number of hydrogen-bond acceptors (Lipinski definition) is 3. The molecule has 4 nitrogen and oxygen atoms in total. The highest BCUT2D eigenvalue weighted by Crippen LogP contribution is 2.39. The third kappa shape index (κ3) is 3.57. The summed E-state index contributed by atoms with van der Waals surface area (Å²) in [7, 11) is 0. The highest BCUT2D eigenvalue weighted by Gasteiger charge is 2.39. The molecule has 0 bridgehead atoms. The van der Waals surface area contributed by atoms with Gasteiger partial charge >= 0.3 is 0 Å². The van der Waals surface area contributed by atoms with Crippen LogP contribution in [0.15, 0.2) is 12.5 Å². The minimum atomic E-state index is -0.177. The van der Waals surface area contributed by atoms with Crippen molar-refractivity contribution >= 4 is 0 Å². The van der Waals surface area contributed by atoms with Crippen molar-refractivity contribution in [1.29, 1.82) is 0 Å². The quantitative estimate of drug-likeness (QED) is 0.737. The van der Waals surface area contributed by atoms with Crippen LogP contribution in [-0.4, -0.2) is 33.8 Å². The lowest BCUT2D eigenvalue weighted by molar-refractivity contribution is 0.128. The molecule has 1 heterocycles. The van der Waals surface area contributed by atoms with Gasteiger partial charge in [0, 0.05) is 24.7 Å². The van der Waals surface area contributed by atoms with Gasteiger partial charge in [-0.15, -0.1) is 0 Å². The van der Waals surface area contributed by atoms with Crippen LogP contribution in [0.3, 0.4) is 0 Å². The van der Waals surface area contributed by atoms with Gasteiger partial charge in [0.25, 0.3) is 0 Å². The monoisotopic (exact) mass is 263 g/mol. The molecule has 0 amide bonds. The molecule has 3 atom stereocenters. The lowest BCUT2D eigenvalue weighted by Crippen LogP contribution is -2.31. The van der Waals surface area contributed by atoms with Gasteiger partial charge in [-0.1, -0.05) is 32.1 Å². The first-order valence-corrected chi connectivity index (χ1v) is 7.73. The lowest BCUT2D eigenvalue weighted by Gasteiger charge is -2.24. The van der Waals surface area contributed by atoms with Gasteiger partial charge < -0.3 is 15.4 Å². The van der Waals surface area contributed by atoms with E-state index in [0.29, 0.717) is 12.0 Å². The molecule has 4 heteroatoms. The number of aliphatic hydroxyl groups excluding tert-OH is 1. The molecular formula is C15H25N3O. The predicted molar refractivity (Wildman–Crippen MR) is 74.9 cm³/mol. The van der Waals surface area contributed by atoms with Crippen molar-refractivity contribution in [2.75, 3.05) is 6.54 Å². The van der Waals surface area contributed by atoms with E-state index in [1.165, 1.54) is 32.1 Å². The topological polar surface area (TPSA) is 60.9 Å². The zero-order chi connectivity index (χ0) is 13.1. The Labute approximate surface area is 115 Å². The van der Waals surface area contributed by atoms with Crippen molar-refractivity contribution in [1.82, 2.24) is 15.3 Å². The molecule has 2 aliphatic carbocycles. The second-order valence-corrected chi connectivity index (χ2v) is 6.24. The average molecular weight is 263 g/mol. The first-order valence-electron chi connectivity index (χ1n) is 7.73. The summed E-state index contributed by atoms with van der Waals surface area (Å²) < 4.78 is 0. The zero-order valence-electron chi connectivity index (χ0n) is 11.5. The fourth-order valence-electron chi connectivity index (χ4n) is 3.40. The zero-order valence-corrected chi connectivity index (χ0v) is 11.5. The van der Waals surface area contributed by atoms with Crippen LogP contribution in [0.1, 0.15) is 56.6 Å². The third-order valence-electron chi connectivity index (χ3n) is 4.64. The SMILES string of the molecule is OC(CN[C@@H]1C[C@H]1c1c[nH]cn1)CC1CCCCC1. The van der Waals surface area contributed by atoms with Crippen molar-refractivity contribution < 1.29 is 5.11 Å². The maximum atomic E-state index is 10.1. The first-order chi connectivity index (χ1) is 9.33. The smallest absolute Gasteiger partial charge is 0.0923 e. The summed E-state index contributed by atoms with van der Waals surface area (Å²) in [6, 6.07) is 0.518. The molecule has 2 fully saturated rings. The molecule has 0 radical (unpaired) electrons. The molecule has 106 valence electrons. The second kappa shape index (κ2) is 6.06. The van der Waals surface area contributed by atoms with E-state index in [2.05, 4.69) is 15.3 Å². The number of nitrogens with one attached hydrogen (secondary N) is 2. The summed E-state index contributed by atoms with van der Waals surface area (Å²) >= 11 is 0. The van der Waals surface area contributed by atoms with E-state index in [-0.39, 0.29) is 6.10 Å². The lowest BCUT2D eigenvalue weighted by atomic mass is 9.85. The molecule has 1 aromatic rings. The molecule has 0 aliphatic heterocycles. The Morgan fingerprint density at radius 1 is 1.37 bits per heavy atom. The van der Waals surface area contributed by atoms with Crippen LogP contribution < -0.4 is 5.32 Å². The second-order valence-electron chi connectivity index (χ2n) is 6.24. The van der Waals surface area contributed by atoms with E-state index in [4.69, 9.17) is 0 Å². The fourth-order valence-corrected chi connectivity index (χ4v) is 3.40. The predicted octanol–water partition coefficient (Wildman–Crippen LogP) is 2.19. The maximum Gasteiger partial charge on any atom is 0.0923 e. The van der Waals surface area contributed by atoms with Crippen LogP contribution >= 0.6 is 0 Å². The molecule has 1 unspecified atom stereocenters. The van der Waals surface area contributed by atoms with Gasteiger partial charge in [0.2, 0.25) is 0 Å². The Kier molecular flexibility index (Phi) is 4.18. The standard InChI is InChI=1S/C15H25N3O/c19-12(6-11-4-2-1-3-5-11)8-17-14-7-13(14)15-9-16-10-18-15/h9-14,17,19H,1-8H2,(H,16,18)/t12?,13-,14-/m1/s1. The Balaban J connectivity index is 1.34. The summed E-state index contributed by atoms with van der Waals surface area (Å²) in [6.07, 6.45) is 12.4. The van der Waals surface area contributed by atoms with E-state index in [1.807, 2.05) is 6.20 Å². The largest absolute Gasteiger partial charge is 0.392 e. The van der Waals surface area contributed by atoms with Gasteiger partial charge in [0.15, 0.2) is 0 Å². The number of imidazole rings is 1. The van der Waals surface area contributed by atoms with E-state index in [0.717, 1.165) is 31.0 Å². The van der Waals surface area contributed by atoms with Crippen molar-refractivity contribution in [2.45, 2.75) is 63.0 Å². The summed E-state index contributed by atoms with van der Waals surface area (Å²) in [5.41, 5.74) is 1.15.